The number of hydrogen-bond acceptors (Lipinski definition) is 3. The predicted octanol–water partition coefficient (Wildman–Crippen LogP) is 1.07. The number of benzene rings is 1. The molecule has 1 saturated heterocycles. The molecule has 96 valence electrons. The zero-order valence-corrected chi connectivity index (χ0v) is 9.57. The minimum absolute atomic E-state index is 0.0583. The number of amides is 1. The minimum Gasteiger partial charge on any atom is -0.478 e. The monoisotopic (exact) mass is 252 g/mol. The van der Waals surface area contributed by atoms with Gasteiger partial charge in [-0.15, -0.1) is 0 Å². The van der Waals surface area contributed by atoms with Gasteiger partial charge in [-0.1, -0.05) is 0 Å². The molecule has 0 spiro atoms. The van der Waals surface area contributed by atoms with Gasteiger partial charge in [0.1, 0.15) is 5.82 Å². The molecule has 1 aliphatic rings. The molecule has 0 saturated carbocycles. The van der Waals surface area contributed by atoms with Gasteiger partial charge in [-0.05, 0) is 37.2 Å². The highest BCUT2D eigenvalue weighted by Crippen LogP contribution is 2.18. The fourth-order valence-corrected chi connectivity index (χ4v) is 1.71. The number of hydrogen-bond donors (Lipinski definition) is 3. The Bertz CT molecular complexity index is 486. The predicted molar refractivity (Wildman–Crippen MR) is 63.0 cm³/mol. The lowest BCUT2D eigenvalue weighted by Gasteiger charge is -2.26. The molecule has 0 unspecified atom stereocenters. The molecule has 3 N–H and O–H groups in total. The van der Waals surface area contributed by atoms with Gasteiger partial charge < -0.3 is 15.7 Å². The summed E-state index contributed by atoms with van der Waals surface area (Å²) in [7, 11) is 0. The maximum Gasteiger partial charge on any atom is 0.335 e. The molecular formula is C12H13FN2O3. The van der Waals surface area contributed by atoms with Crippen LogP contribution in [0.1, 0.15) is 16.8 Å². The lowest BCUT2D eigenvalue weighted by atomic mass is 9.99. The van der Waals surface area contributed by atoms with Crippen molar-refractivity contribution >= 4 is 17.6 Å². The fourth-order valence-electron chi connectivity index (χ4n) is 1.71. The zero-order chi connectivity index (χ0) is 13.1. The number of anilines is 1. The van der Waals surface area contributed by atoms with E-state index in [9.17, 15) is 14.0 Å². The minimum atomic E-state index is -1.16. The van der Waals surface area contributed by atoms with E-state index in [0.717, 1.165) is 31.3 Å². The fraction of sp³-hybridized carbons (Fsp3) is 0.333. The Kier molecular flexibility index (Phi) is 3.57. The summed E-state index contributed by atoms with van der Waals surface area (Å²) in [6.07, 6.45) is 0.309. The molecule has 0 aromatic heterocycles. The summed E-state index contributed by atoms with van der Waals surface area (Å²) in [5, 5.41) is 14.2. The summed E-state index contributed by atoms with van der Waals surface area (Å²) in [6.45, 7) is 1.57. The smallest absolute Gasteiger partial charge is 0.335 e. The van der Waals surface area contributed by atoms with E-state index in [1.807, 2.05) is 0 Å². The first-order valence-electron chi connectivity index (χ1n) is 5.59. The molecule has 0 aliphatic carbocycles. The van der Waals surface area contributed by atoms with E-state index in [-0.39, 0.29) is 23.1 Å². The Morgan fingerprint density at radius 2 is 2.17 bits per heavy atom. The van der Waals surface area contributed by atoms with Gasteiger partial charge in [0.2, 0.25) is 5.91 Å². The first-order valence-corrected chi connectivity index (χ1v) is 5.59. The molecule has 6 heteroatoms. The van der Waals surface area contributed by atoms with Crippen molar-refractivity contribution in [1.29, 1.82) is 0 Å². The Morgan fingerprint density at radius 1 is 1.44 bits per heavy atom. The van der Waals surface area contributed by atoms with Crippen molar-refractivity contribution in [3.8, 4) is 0 Å². The molecular weight excluding hydrogens is 239 g/mol. The van der Waals surface area contributed by atoms with Crippen molar-refractivity contribution in [3.05, 3.63) is 29.6 Å². The molecule has 1 amide bonds. The zero-order valence-electron chi connectivity index (χ0n) is 9.57. The van der Waals surface area contributed by atoms with Crippen molar-refractivity contribution < 1.29 is 19.1 Å². The van der Waals surface area contributed by atoms with Gasteiger partial charge in [-0.2, -0.15) is 0 Å². The van der Waals surface area contributed by atoms with Crippen LogP contribution in [0.5, 0.6) is 0 Å². The van der Waals surface area contributed by atoms with Crippen LogP contribution in [0, 0.1) is 11.7 Å². The van der Waals surface area contributed by atoms with E-state index >= 15 is 0 Å². The van der Waals surface area contributed by atoms with Crippen molar-refractivity contribution in [3.63, 3.8) is 0 Å². The largest absolute Gasteiger partial charge is 0.478 e. The lowest BCUT2D eigenvalue weighted by Crippen LogP contribution is -2.43. The Labute approximate surface area is 103 Å². The molecule has 18 heavy (non-hydrogen) atoms. The first kappa shape index (κ1) is 12.5. The standard InChI is InChI=1S/C12H13FN2O3/c13-9-2-1-8(12(17)18)4-10(9)15-11(16)3-7-5-14-6-7/h1-2,4,7,14H,3,5-6H2,(H,15,16)(H,17,18). The normalized spacial score (nSPS) is 14.9. The van der Waals surface area contributed by atoms with E-state index in [4.69, 9.17) is 5.11 Å². The molecule has 1 aromatic carbocycles. The van der Waals surface area contributed by atoms with E-state index in [1.54, 1.807) is 0 Å². The molecule has 2 rings (SSSR count). The molecule has 1 aliphatic heterocycles. The SMILES string of the molecule is O=C(CC1CNC1)Nc1cc(C(=O)O)ccc1F. The topological polar surface area (TPSA) is 78.4 Å². The van der Waals surface area contributed by atoms with Crippen molar-refractivity contribution in [1.82, 2.24) is 5.32 Å². The summed E-state index contributed by atoms with van der Waals surface area (Å²) in [6, 6.07) is 3.31. The Balaban J connectivity index is 2.04. The highest BCUT2D eigenvalue weighted by atomic mass is 19.1. The van der Waals surface area contributed by atoms with Crippen LogP contribution in [0.15, 0.2) is 18.2 Å². The molecule has 0 atom stereocenters. The summed E-state index contributed by atoms with van der Waals surface area (Å²) in [4.78, 5) is 22.3. The number of halogens is 1. The number of carboxylic acid groups (broad SMARTS) is 1. The third-order valence-electron chi connectivity index (χ3n) is 2.83. The van der Waals surface area contributed by atoms with Gasteiger partial charge in [-0.3, -0.25) is 4.79 Å². The molecule has 1 fully saturated rings. The van der Waals surface area contributed by atoms with E-state index < -0.39 is 11.8 Å². The second kappa shape index (κ2) is 5.14. The number of carbonyl (C=O) groups is 2. The van der Waals surface area contributed by atoms with Crippen molar-refractivity contribution in [2.45, 2.75) is 6.42 Å². The van der Waals surface area contributed by atoms with Crippen LogP contribution in [0.3, 0.4) is 0 Å². The van der Waals surface area contributed by atoms with Gasteiger partial charge in [0, 0.05) is 6.42 Å². The van der Waals surface area contributed by atoms with Crippen molar-refractivity contribution in [2.24, 2.45) is 5.92 Å². The molecule has 1 heterocycles. The Hall–Kier alpha value is -1.95. The van der Waals surface area contributed by atoms with Crippen LogP contribution in [-0.2, 0) is 4.79 Å². The second-order valence-electron chi connectivity index (χ2n) is 4.28. The molecule has 5 nitrogen and oxygen atoms in total. The average molecular weight is 252 g/mol. The average Bonchev–Trinajstić information content (AvgIpc) is 2.26. The van der Waals surface area contributed by atoms with E-state index in [2.05, 4.69) is 10.6 Å². The highest BCUT2D eigenvalue weighted by molar-refractivity contribution is 5.94. The number of carboxylic acids is 1. The first-order chi connectivity index (χ1) is 8.56. The number of nitrogens with one attached hydrogen (secondary N) is 2. The van der Waals surface area contributed by atoms with Crippen LogP contribution >= 0.6 is 0 Å². The van der Waals surface area contributed by atoms with Crippen LogP contribution < -0.4 is 10.6 Å². The van der Waals surface area contributed by atoms with E-state index in [1.165, 1.54) is 0 Å². The van der Waals surface area contributed by atoms with Gasteiger partial charge in [0.15, 0.2) is 0 Å². The van der Waals surface area contributed by atoms with Gasteiger partial charge >= 0.3 is 5.97 Å². The van der Waals surface area contributed by atoms with Crippen LogP contribution in [0.4, 0.5) is 10.1 Å². The van der Waals surface area contributed by atoms with Crippen LogP contribution in [0.25, 0.3) is 0 Å². The lowest BCUT2D eigenvalue weighted by molar-refractivity contribution is -0.117. The van der Waals surface area contributed by atoms with Crippen molar-refractivity contribution in [2.75, 3.05) is 18.4 Å². The molecule has 0 bridgehead atoms. The van der Waals surface area contributed by atoms with Gasteiger partial charge in [0.05, 0.1) is 11.3 Å². The van der Waals surface area contributed by atoms with Gasteiger partial charge in [0.25, 0.3) is 0 Å². The van der Waals surface area contributed by atoms with Crippen LogP contribution in [0.2, 0.25) is 0 Å². The van der Waals surface area contributed by atoms with Crippen LogP contribution in [-0.4, -0.2) is 30.1 Å². The summed E-state index contributed by atoms with van der Waals surface area (Å²) in [5.41, 5.74) is -0.149. The maximum atomic E-state index is 13.4. The number of carbonyl (C=O) groups excluding carboxylic acids is 1. The summed E-state index contributed by atoms with van der Waals surface area (Å²) >= 11 is 0. The highest BCUT2D eigenvalue weighted by Gasteiger charge is 2.20. The summed E-state index contributed by atoms with van der Waals surface area (Å²) < 4.78 is 13.4. The third-order valence-corrected chi connectivity index (χ3v) is 2.83. The molecule has 1 aromatic rings. The molecule has 0 radical (unpaired) electrons. The van der Waals surface area contributed by atoms with Gasteiger partial charge in [-0.25, -0.2) is 9.18 Å². The maximum absolute atomic E-state index is 13.4. The third kappa shape index (κ3) is 2.84. The quantitative estimate of drug-likeness (QED) is 0.749. The Morgan fingerprint density at radius 3 is 2.72 bits per heavy atom. The second-order valence-corrected chi connectivity index (χ2v) is 4.28. The number of rotatable bonds is 4. The van der Waals surface area contributed by atoms with E-state index in [0.29, 0.717) is 6.42 Å². The summed E-state index contributed by atoms with van der Waals surface area (Å²) in [5.74, 6) is -1.83. The number of aromatic carboxylic acids is 1.